The molecule has 0 saturated carbocycles. The van der Waals surface area contributed by atoms with E-state index in [1.165, 1.54) is 18.2 Å². The second-order valence-electron chi connectivity index (χ2n) is 6.98. The van der Waals surface area contributed by atoms with E-state index < -0.39 is 57.3 Å². The minimum Gasteiger partial charge on any atom is -0.480 e. The summed E-state index contributed by atoms with van der Waals surface area (Å²) in [6.45, 7) is 0. The number of aliphatic hydroxyl groups is 1. The smallest absolute Gasteiger partial charge is 0.424 e. The number of alkyl halides is 3. The van der Waals surface area contributed by atoms with Crippen LogP contribution in [0.1, 0.15) is 18.7 Å². The van der Waals surface area contributed by atoms with Crippen molar-refractivity contribution in [2.24, 2.45) is 5.73 Å². The molecule has 0 radical (unpaired) electrons. The summed E-state index contributed by atoms with van der Waals surface area (Å²) in [7, 11) is -3.66. The van der Waals surface area contributed by atoms with Crippen LogP contribution in [0.3, 0.4) is 0 Å². The number of rotatable bonds is 9. The Hall–Kier alpha value is -1.99. The molecule has 1 heterocycles. The van der Waals surface area contributed by atoms with E-state index in [1.807, 2.05) is 0 Å². The van der Waals surface area contributed by atoms with Gasteiger partial charge in [-0.3, -0.25) is 9.57 Å². The van der Waals surface area contributed by atoms with Crippen molar-refractivity contribution in [1.29, 1.82) is 4.78 Å². The summed E-state index contributed by atoms with van der Waals surface area (Å²) in [6.07, 6.45) is -4.69. The molecule has 0 amide bonds. The van der Waals surface area contributed by atoms with Crippen LogP contribution < -0.4 is 5.73 Å². The number of carbonyl (C=O) groups is 1. The fourth-order valence-corrected chi connectivity index (χ4v) is 4.62. The van der Waals surface area contributed by atoms with Crippen molar-refractivity contribution in [3.8, 4) is 11.1 Å². The topological polar surface area (TPSA) is 150 Å². The molecule has 5 N–H and O–H groups in total. The Morgan fingerprint density at radius 1 is 1.22 bits per heavy atom. The maximum atomic E-state index is 13.7. The molecule has 0 bridgehead atoms. The lowest BCUT2D eigenvalue weighted by molar-refractivity contribution is -0.270. The van der Waals surface area contributed by atoms with Gasteiger partial charge in [-0.25, -0.2) is 14.2 Å². The van der Waals surface area contributed by atoms with Crippen LogP contribution in [0.2, 0.25) is 10.0 Å². The molecular weight excluding hydrogens is 496 g/mol. The molecule has 0 spiro atoms. The molecule has 14 heteroatoms. The van der Waals surface area contributed by atoms with Crippen LogP contribution in [0.25, 0.3) is 11.1 Å². The summed E-state index contributed by atoms with van der Waals surface area (Å²) < 4.78 is 61.1. The Kier molecular flexibility index (Phi) is 8.10. The highest BCUT2D eigenvalue weighted by molar-refractivity contribution is 7.92. The maximum Gasteiger partial charge on any atom is 0.424 e. The summed E-state index contributed by atoms with van der Waals surface area (Å²) in [5.41, 5.74) is 2.37. The van der Waals surface area contributed by atoms with Gasteiger partial charge in [0.15, 0.2) is 5.82 Å². The molecule has 1 aromatic carbocycles. The van der Waals surface area contributed by atoms with Gasteiger partial charge in [-0.2, -0.15) is 13.2 Å². The van der Waals surface area contributed by atoms with Crippen molar-refractivity contribution in [3.05, 3.63) is 46.5 Å². The zero-order valence-corrected chi connectivity index (χ0v) is 18.6. The Balaban J connectivity index is 2.26. The summed E-state index contributed by atoms with van der Waals surface area (Å²) >= 11 is 11.9. The average molecular weight is 515 g/mol. The number of halogens is 5. The van der Waals surface area contributed by atoms with E-state index in [1.54, 1.807) is 0 Å². The number of carboxylic acid groups (broad SMARTS) is 1. The Labute approximate surface area is 191 Å². The second kappa shape index (κ2) is 9.87. The first-order valence-corrected chi connectivity index (χ1v) is 11.6. The van der Waals surface area contributed by atoms with Crippen molar-refractivity contribution in [1.82, 2.24) is 9.97 Å². The van der Waals surface area contributed by atoms with Crippen LogP contribution in [0.15, 0.2) is 30.6 Å². The molecule has 1 aromatic heterocycles. The normalized spacial score (nSPS) is 16.7. The Morgan fingerprint density at radius 2 is 1.81 bits per heavy atom. The minimum atomic E-state index is -5.24. The Bertz CT molecular complexity index is 1080. The third-order valence-electron chi connectivity index (χ3n) is 4.60. The van der Waals surface area contributed by atoms with E-state index >= 15 is 0 Å². The van der Waals surface area contributed by atoms with Crippen LogP contribution >= 0.6 is 23.2 Å². The number of hydrogen-bond acceptors (Lipinski definition) is 7. The minimum absolute atomic E-state index is 0.216. The second-order valence-corrected chi connectivity index (χ2v) is 10.3. The number of nitrogens with one attached hydrogen (secondary N) is 1. The van der Waals surface area contributed by atoms with Crippen LogP contribution in [0.4, 0.5) is 13.2 Å². The number of aliphatic carboxylic acids is 1. The van der Waals surface area contributed by atoms with Gasteiger partial charge in [0.05, 0.1) is 0 Å². The first-order valence-electron chi connectivity index (χ1n) is 8.96. The van der Waals surface area contributed by atoms with Crippen molar-refractivity contribution < 1.29 is 32.4 Å². The summed E-state index contributed by atoms with van der Waals surface area (Å²) in [5, 5.41) is 19.7. The van der Waals surface area contributed by atoms with Gasteiger partial charge < -0.3 is 15.9 Å². The number of benzene rings is 1. The zero-order chi connectivity index (χ0) is 24.3. The van der Waals surface area contributed by atoms with E-state index in [4.69, 9.17) is 38.8 Å². The van der Waals surface area contributed by atoms with E-state index in [0.717, 1.165) is 12.4 Å². The monoisotopic (exact) mass is 514 g/mol. The fraction of sp³-hybridized carbons (Fsp3) is 0.389. The third-order valence-corrected chi connectivity index (χ3v) is 6.91. The van der Waals surface area contributed by atoms with Gasteiger partial charge in [-0.15, -0.1) is 0 Å². The molecule has 2 unspecified atom stereocenters. The summed E-state index contributed by atoms with van der Waals surface area (Å²) in [5.74, 6) is -3.79. The van der Waals surface area contributed by atoms with Gasteiger partial charge in [-0.1, -0.05) is 29.3 Å². The molecule has 0 fully saturated rings. The van der Waals surface area contributed by atoms with E-state index in [2.05, 4.69) is 9.97 Å². The number of nitrogens with two attached hydrogens (primary N) is 1. The highest BCUT2D eigenvalue weighted by Gasteiger charge is 2.57. The Morgan fingerprint density at radius 3 is 2.31 bits per heavy atom. The van der Waals surface area contributed by atoms with Gasteiger partial charge in [-0.05, 0) is 18.6 Å². The molecule has 8 nitrogen and oxygen atoms in total. The van der Waals surface area contributed by atoms with Gasteiger partial charge in [0.2, 0.25) is 5.60 Å². The zero-order valence-electron chi connectivity index (χ0n) is 16.3. The van der Waals surface area contributed by atoms with Crippen molar-refractivity contribution in [3.63, 3.8) is 0 Å². The molecular formula is C18H19Cl2F3N4O4S. The summed E-state index contributed by atoms with van der Waals surface area (Å²) in [4.78, 5) is 18.0. The molecule has 32 heavy (non-hydrogen) atoms. The van der Waals surface area contributed by atoms with Crippen molar-refractivity contribution in [2.75, 3.05) is 11.5 Å². The number of aromatic nitrogens is 2. The van der Waals surface area contributed by atoms with Crippen molar-refractivity contribution >= 4 is 38.9 Å². The SMILES string of the molecule is N=S(=O)(CC[C@H](N)C(=O)O)CCC(O)(c1ncc(-c2ccc(Cl)cc2Cl)cn1)C(F)(F)F. The lowest BCUT2D eigenvalue weighted by Gasteiger charge is -2.29. The van der Waals surface area contributed by atoms with Crippen LogP contribution in [0, 0.1) is 4.78 Å². The highest BCUT2D eigenvalue weighted by Crippen LogP contribution is 2.41. The third kappa shape index (κ3) is 6.29. The molecule has 0 saturated heterocycles. The number of nitrogens with zero attached hydrogens (tertiary/aromatic N) is 2. The van der Waals surface area contributed by atoms with Crippen LogP contribution in [-0.2, 0) is 20.1 Å². The molecule has 2 rings (SSSR count). The predicted octanol–water partition coefficient (Wildman–Crippen LogP) is 3.44. The molecule has 176 valence electrons. The first kappa shape index (κ1) is 26.3. The number of hydrogen-bond donors (Lipinski definition) is 4. The lowest BCUT2D eigenvalue weighted by atomic mass is 9.98. The molecule has 0 aliphatic heterocycles. The lowest BCUT2D eigenvalue weighted by Crippen LogP contribution is -2.45. The highest BCUT2D eigenvalue weighted by atomic mass is 35.5. The van der Waals surface area contributed by atoms with E-state index in [9.17, 15) is 27.3 Å². The standard InChI is InChI=1S/C18H19Cl2F3N4O4S/c19-11-1-2-12(13(20)7-11)10-8-26-16(27-9-10)17(30,18(21,22)23)4-6-32(25,31)5-3-14(24)15(28)29/h1-2,7-9,14,25,30H,3-6,24H2,(H,28,29)/t14-,17?,32?/m0/s1. The van der Waals surface area contributed by atoms with Crippen molar-refractivity contribution in [2.45, 2.75) is 30.7 Å². The maximum absolute atomic E-state index is 13.7. The summed E-state index contributed by atoms with van der Waals surface area (Å²) in [6, 6.07) is 3.07. The molecule has 0 aliphatic carbocycles. The predicted molar refractivity (Wildman–Crippen MR) is 113 cm³/mol. The van der Waals surface area contributed by atoms with E-state index in [0.29, 0.717) is 10.6 Å². The molecule has 3 atom stereocenters. The van der Waals surface area contributed by atoms with Gasteiger partial charge in [0.25, 0.3) is 0 Å². The fourth-order valence-electron chi connectivity index (χ4n) is 2.64. The van der Waals surface area contributed by atoms with Gasteiger partial charge in [0.1, 0.15) is 6.04 Å². The molecule has 0 aliphatic rings. The average Bonchev–Trinajstić information content (AvgIpc) is 2.69. The largest absolute Gasteiger partial charge is 0.480 e. The van der Waals surface area contributed by atoms with Gasteiger partial charge in [0, 0.05) is 61.2 Å². The first-order chi connectivity index (χ1) is 14.7. The quantitative estimate of drug-likeness (QED) is 0.400. The van der Waals surface area contributed by atoms with Crippen LogP contribution in [-0.4, -0.2) is 54.1 Å². The number of carboxylic acids is 1. The van der Waals surface area contributed by atoms with Crippen LogP contribution in [0.5, 0.6) is 0 Å². The van der Waals surface area contributed by atoms with Gasteiger partial charge >= 0.3 is 12.1 Å². The molecule has 2 aromatic rings. The van der Waals surface area contributed by atoms with E-state index in [-0.39, 0.29) is 17.0 Å².